The van der Waals surface area contributed by atoms with E-state index in [0.717, 1.165) is 17.6 Å². The van der Waals surface area contributed by atoms with Gasteiger partial charge in [0.15, 0.2) is 0 Å². The van der Waals surface area contributed by atoms with Crippen molar-refractivity contribution in [3.05, 3.63) is 59.7 Å². The van der Waals surface area contributed by atoms with Crippen LogP contribution in [0.1, 0.15) is 11.1 Å². The van der Waals surface area contributed by atoms with E-state index in [-0.39, 0.29) is 6.61 Å². The molecule has 0 fully saturated rings. The van der Waals surface area contributed by atoms with Gasteiger partial charge < -0.3 is 5.11 Å². The monoisotopic (exact) mass is 282 g/mol. The van der Waals surface area contributed by atoms with Crippen LogP contribution in [0.4, 0.5) is 5.95 Å². The van der Waals surface area contributed by atoms with Crippen molar-refractivity contribution in [1.82, 2.24) is 4.57 Å². The number of aromatic nitrogens is 2. The Bertz CT molecular complexity index is 777. The van der Waals surface area contributed by atoms with E-state index in [2.05, 4.69) is 29.7 Å². The van der Waals surface area contributed by atoms with Crippen LogP contribution in [-0.4, -0.2) is 16.3 Å². The van der Waals surface area contributed by atoms with Crippen LogP contribution >= 0.6 is 0 Å². The largest absolute Gasteiger partial charge is 0.393 e. The average molecular weight is 282 g/mol. The van der Waals surface area contributed by atoms with E-state index in [0.29, 0.717) is 12.5 Å². The van der Waals surface area contributed by atoms with Crippen molar-refractivity contribution in [3.63, 3.8) is 0 Å². The number of hydrogen-bond acceptors (Lipinski definition) is 2. The lowest BCUT2D eigenvalue weighted by Gasteiger charge is -2.05. The fraction of sp³-hybridized carbons (Fsp3) is 0.235. The summed E-state index contributed by atoms with van der Waals surface area (Å²) in [7, 11) is 0. The molecule has 2 aromatic carbocycles. The molecule has 0 radical (unpaired) electrons. The average Bonchev–Trinajstić information content (AvgIpc) is 2.76. The van der Waals surface area contributed by atoms with Gasteiger partial charge in [-0.25, -0.2) is 9.13 Å². The highest BCUT2D eigenvalue weighted by Crippen LogP contribution is 2.17. The maximum absolute atomic E-state index is 9.26. The molecular weight excluding hydrogens is 262 g/mol. The Hall–Kier alpha value is -2.33. The highest BCUT2D eigenvalue weighted by molar-refractivity contribution is 5.73. The van der Waals surface area contributed by atoms with Gasteiger partial charge in [0, 0.05) is 0 Å². The molecule has 21 heavy (non-hydrogen) atoms. The number of anilines is 1. The van der Waals surface area contributed by atoms with Gasteiger partial charge in [-0.05, 0) is 30.2 Å². The van der Waals surface area contributed by atoms with E-state index in [1.165, 1.54) is 11.1 Å². The molecule has 4 heteroatoms. The molecule has 1 aromatic heterocycles. The maximum Gasteiger partial charge on any atom is 0.356 e. The summed E-state index contributed by atoms with van der Waals surface area (Å²) < 4.78 is 4.07. The second-order valence-corrected chi connectivity index (χ2v) is 5.23. The number of imidazole rings is 1. The van der Waals surface area contributed by atoms with Gasteiger partial charge in [-0.1, -0.05) is 36.4 Å². The van der Waals surface area contributed by atoms with Crippen molar-refractivity contribution < 1.29 is 9.67 Å². The molecular formula is C17H20N3O+. The molecule has 0 bridgehead atoms. The van der Waals surface area contributed by atoms with Gasteiger partial charge in [-0.3, -0.25) is 5.73 Å². The number of nitrogens with zero attached hydrogens (tertiary/aromatic N) is 2. The Balaban J connectivity index is 2.14. The molecule has 0 spiro atoms. The highest BCUT2D eigenvalue weighted by atomic mass is 16.3. The fourth-order valence-electron chi connectivity index (χ4n) is 2.77. The Morgan fingerprint density at radius 3 is 2.57 bits per heavy atom. The summed E-state index contributed by atoms with van der Waals surface area (Å²) in [6.07, 6.45) is 0. The number of aliphatic hydroxyl groups excluding tert-OH is 1. The minimum absolute atomic E-state index is 0.0766. The standard InChI is InChI=1S/C17H19N3O/c1-13-6-2-3-7-14(13)12-20-16-9-5-4-8-15(16)19(10-11-21)17(20)18/h2-9,18,21H,10-12H2,1H3/p+1. The smallest absolute Gasteiger partial charge is 0.356 e. The molecule has 0 saturated carbocycles. The SMILES string of the molecule is Cc1ccccc1C[n+]1c(N)n(CCO)c2ccccc21. The van der Waals surface area contributed by atoms with Gasteiger partial charge in [-0.15, -0.1) is 0 Å². The number of fused-ring (bicyclic) bond motifs is 1. The third-order valence-corrected chi connectivity index (χ3v) is 3.93. The summed E-state index contributed by atoms with van der Waals surface area (Å²) in [4.78, 5) is 0. The van der Waals surface area contributed by atoms with Gasteiger partial charge in [0.1, 0.15) is 11.0 Å². The second-order valence-electron chi connectivity index (χ2n) is 5.23. The summed E-state index contributed by atoms with van der Waals surface area (Å²) >= 11 is 0. The predicted molar refractivity (Wildman–Crippen MR) is 83.9 cm³/mol. The van der Waals surface area contributed by atoms with Crippen LogP contribution in [0.5, 0.6) is 0 Å². The van der Waals surface area contributed by atoms with Crippen molar-refractivity contribution in [2.75, 3.05) is 12.3 Å². The molecule has 0 atom stereocenters. The van der Waals surface area contributed by atoms with Crippen molar-refractivity contribution in [2.45, 2.75) is 20.0 Å². The molecule has 1 heterocycles. The van der Waals surface area contributed by atoms with Gasteiger partial charge in [0.2, 0.25) is 0 Å². The third kappa shape index (κ3) is 2.38. The molecule has 108 valence electrons. The zero-order valence-corrected chi connectivity index (χ0v) is 12.2. The molecule has 0 amide bonds. The fourth-order valence-corrected chi connectivity index (χ4v) is 2.77. The zero-order chi connectivity index (χ0) is 14.8. The van der Waals surface area contributed by atoms with E-state index >= 15 is 0 Å². The van der Waals surface area contributed by atoms with Crippen LogP contribution in [0.2, 0.25) is 0 Å². The minimum atomic E-state index is 0.0766. The van der Waals surface area contributed by atoms with Crippen LogP contribution in [-0.2, 0) is 13.1 Å². The predicted octanol–water partition coefficient (Wildman–Crippen LogP) is 1.86. The number of aliphatic hydroxyl groups is 1. The van der Waals surface area contributed by atoms with E-state index in [1.54, 1.807) is 0 Å². The van der Waals surface area contributed by atoms with Crippen molar-refractivity contribution in [3.8, 4) is 0 Å². The molecule has 4 nitrogen and oxygen atoms in total. The van der Waals surface area contributed by atoms with Crippen LogP contribution in [0.3, 0.4) is 0 Å². The number of nitrogen functional groups attached to an aromatic ring is 1. The summed E-state index contributed by atoms with van der Waals surface area (Å²) in [5, 5.41) is 9.26. The van der Waals surface area contributed by atoms with Gasteiger partial charge in [-0.2, -0.15) is 0 Å². The third-order valence-electron chi connectivity index (χ3n) is 3.93. The molecule has 0 saturated heterocycles. The number of para-hydroxylation sites is 2. The van der Waals surface area contributed by atoms with Crippen molar-refractivity contribution in [2.24, 2.45) is 0 Å². The van der Waals surface area contributed by atoms with Crippen LogP contribution in [0.25, 0.3) is 11.0 Å². The number of hydrogen-bond donors (Lipinski definition) is 2. The van der Waals surface area contributed by atoms with Crippen LogP contribution in [0.15, 0.2) is 48.5 Å². The first kappa shape index (κ1) is 13.6. The molecule has 3 N–H and O–H groups in total. The van der Waals surface area contributed by atoms with Crippen LogP contribution < -0.4 is 10.3 Å². The summed E-state index contributed by atoms with van der Waals surface area (Å²) in [6, 6.07) is 16.4. The zero-order valence-electron chi connectivity index (χ0n) is 12.2. The minimum Gasteiger partial charge on any atom is -0.393 e. The quantitative estimate of drug-likeness (QED) is 0.718. The Morgan fingerprint density at radius 1 is 1.10 bits per heavy atom. The number of aryl methyl sites for hydroxylation is 1. The van der Waals surface area contributed by atoms with E-state index < -0.39 is 0 Å². The summed E-state index contributed by atoms with van der Waals surface area (Å²) in [6.45, 7) is 3.43. The molecule has 3 rings (SSSR count). The van der Waals surface area contributed by atoms with Crippen molar-refractivity contribution >= 4 is 17.0 Å². The lowest BCUT2D eigenvalue weighted by molar-refractivity contribution is -0.648. The first-order chi connectivity index (χ1) is 10.2. The van der Waals surface area contributed by atoms with E-state index in [9.17, 15) is 5.11 Å². The van der Waals surface area contributed by atoms with E-state index in [4.69, 9.17) is 5.73 Å². The molecule has 0 aliphatic heterocycles. The Labute approximate surface area is 124 Å². The summed E-state index contributed by atoms with van der Waals surface area (Å²) in [5.41, 5.74) is 11.0. The number of benzene rings is 2. The first-order valence-electron chi connectivity index (χ1n) is 7.14. The first-order valence-corrected chi connectivity index (χ1v) is 7.14. The number of nitrogens with two attached hydrogens (primary N) is 1. The summed E-state index contributed by atoms with van der Waals surface area (Å²) in [5.74, 6) is 0.675. The topological polar surface area (TPSA) is 55.1 Å². The molecule has 0 unspecified atom stereocenters. The lowest BCUT2D eigenvalue weighted by Crippen LogP contribution is -2.37. The number of rotatable bonds is 4. The Kier molecular flexibility index (Phi) is 3.62. The van der Waals surface area contributed by atoms with Crippen LogP contribution in [0, 0.1) is 6.92 Å². The molecule has 3 aromatic rings. The van der Waals surface area contributed by atoms with E-state index in [1.807, 2.05) is 34.9 Å². The van der Waals surface area contributed by atoms with Gasteiger partial charge in [0.05, 0.1) is 19.7 Å². The lowest BCUT2D eigenvalue weighted by atomic mass is 10.1. The van der Waals surface area contributed by atoms with Gasteiger partial charge in [0.25, 0.3) is 0 Å². The van der Waals surface area contributed by atoms with Crippen molar-refractivity contribution in [1.29, 1.82) is 0 Å². The normalized spacial score (nSPS) is 11.1. The van der Waals surface area contributed by atoms with Gasteiger partial charge >= 0.3 is 5.95 Å². The maximum atomic E-state index is 9.26. The molecule has 0 aliphatic carbocycles. The second kappa shape index (κ2) is 5.58. The Morgan fingerprint density at radius 2 is 1.81 bits per heavy atom. The molecule has 0 aliphatic rings. The highest BCUT2D eigenvalue weighted by Gasteiger charge is 2.20.